The van der Waals surface area contributed by atoms with Gasteiger partial charge in [-0.05, 0) is 24.8 Å². The number of amides is 3. The Morgan fingerprint density at radius 3 is 2.82 bits per heavy atom. The van der Waals surface area contributed by atoms with Gasteiger partial charge in [-0.2, -0.15) is 0 Å². The van der Waals surface area contributed by atoms with Gasteiger partial charge in [-0.15, -0.1) is 11.3 Å². The molecule has 154 valence electrons. The van der Waals surface area contributed by atoms with Crippen molar-refractivity contribution < 1.29 is 14.3 Å². The monoisotopic (exact) mass is 426 g/mol. The van der Waals surface area contributed by atoms with E-state index in [0.29, 0.717) is 34.4 Å². The summed E-state index contributed by atoms with van der Waals surface area (Å²) in [5.74, 6) is -0.0119. The number of carbonyl (C=O) groups excluding carboxylic acids is 2. The number of aryl methyl sites for hydroxylation is 1. The molecule has 0 aliphatic heterocycles. The maximum Gasteiger partial charge on any atom is 0.321 e. The van der Waals surface area contributed by atoms with Crippen LogP contribution in [0.15, 0.2) is 9.95 Å². The fourth-order valence-electron chi connectivity index (χ4n) is 2.57. The van der Waals surface area contributed by atoms with Crippen molar-refractivity contribution in [2.24, 2.45) is 5.92 Å². The van der Waals surface area contributed by atoms with Crippen molar-refractivity contribution in [2.75, 3.05) is 26.0 Å². The first-order valence-electron chi connectivity index (χ1n) is 9.07. The van der Waals surface area contributed by atoms with Gasteiger partial charge in [-0.3, -0.25) is 14.9 Å². The lowest BCUT2D eigenvalue weighted by Gasteiger charge is -2.08. The summed E-state index contributed by atoms with van der Waals surface area (Å²) in [6, 6.07) is -0.580. The van der Waals surface area contributed by atoms with E-state index in [9.17, 15) is 14.4 Å². The van der Waals surface area contributed by atoms with Gasteiger partial charge in [0.25, 0.3) is 5.56 Å². The van der Waals surface area contributed by atoms with E-state index >= 15 is 0 Å². The van der Waals surface area contributed by atoms with Gasteiger partial charge in [0.05, 0.1) is 17.7 Å². The van der Waals surface area contributed by atoms with Gasteiger partial charge in [0.15, 0.2) is 5.16 Å². The first kappa shape index (κ1) is 22.4. The Balaban J connectivity index is 2.03. The molecule has 3 amide bonds. The summed E-state index contributed by atoms with van der Waals surface area (Å²) < 4.78 is 4.81. The Kier molecular flexibility index (Phi) is 8.46. The summed E-state index contributed by atoms with van der Waals surface area (Å²) >= 11 is 2.58. The van der Waals surface area contributed by atoms with E-state index in [4.69, 9.17) is 4.74 Å². The van der Waals surface area contributed by atoms with Gasteiger partial charge in [-0.25, -0.2) is 9.78 Å². The largest absolute Gasteiger partial charge is 0.383 e. The number of carbonyl (C=O) groups is 2. The highest BCUT2D eigenvalue weighted by Crippen LogP contribution is 2.30. The molecule has 0 bridgehead atoms. The molecule has 3 N–H and O–H groups in total. The molecule has 0 aliphatic rings. The number of methoxy groups -OCH3 is 1. The molecule has 0 fully saturated rings. The number of aromatic nitrogens is 2. The number of thioether (sulfide) groups is 1. The van der Waals surface area contributed by atoms with Crippen LogP contribution in [-0.2, 0) is 16.0 Å². The lowest BCUT2D eigenvalue weighted by atomic mass is 9.98. The predicted octanol–water partition coefficient (Wildman–Crippen LogP) is 2.45. The van der Waals surface area contributed by atoms with Crippen molar-refractivity contribution in [3.8, 4) is 0 Å². The van der Waals surface area contributed by atoms with E-state index < -0.39 is 11.9 Å². The van der Waals surface area contributed by atoms with Crippen molar-refractivity contribution in [3.05, 3.63) is 20.8 Å². The van der Waals surface area contributed by atoms with E-state index in [2.05, 4.69) is 34.4 Å². The van der Waals surface area contributed by atoms with Gasteiger partial charge < -0.3 is 15.0 Å². The molecule has 1 atom stereocenters. The zero-order valence-corrected chi connectivity index (χ0v) is 18.1. The summed E-state index contributed by atoms with van der Waals surface area (Å²) in [4.78, 5) is 45.0. The van der Waals surface area contributed by atoms with E-state index in [1.807, 2.05) is 6.92 Å². The molecule has 0 aromatic carbocycles. The SMILES string of the molecule is CCC(C)Cc1c(C)sc2nc(SCC(=O)NC(=O)NCCOC)[nH]c(=O)c12. The molecule has 0 saturated carbocycles. The highest BCUT2D eigenvalue weighted by atomic mass is 32.2. The standard InChI is InChI=1S/C18H26N4O4S2/c1-5-10(2)8-12-11(3)28-16-14(12)15(24)21-18(22-16)27-9-13(23)20-17(25)19-6-7-26-4/h10H,5-9H2,1-4H3,(H,21,22,24)(H2,19,20,23,25). The van der Waals surface area contributed by atoms with Crippen LogP contribution in [0.2, 0.25) is 0 Å². The first-order chi connectivity index (χ1) is 13.3. The maximum absolute atomic E-state index is 12.6. The average molecular weight is 427 g/mol. The lowest BCUT2D eigenvalue weighted by molar-refractivity contribution is -0.117. The molecule has 2 aromatic heterocycles. The van der Waals surface area contributed by atoms with Crippen LogP contribution < -0.4 is 16.2 Å². The van der Waals surface area contributed by atoms with E-state index in [-0.39, 0.29) is 11.3 Å². The summed E-state index contributed by atoms with van der Waals surface area (Å²) in [5, 5.41) is 5.73. The topological polar surface area (TPSA) is 113 Å². The molecule has 8 nitrogen and oxygen atoms in total. The molecule has 0 radical (unpaired) electrons. The Hall–Kier alpha value is -1.91. The number of thiophene rings is 1. The normalized spacial score (nSPS) is 12.1. The summed E-state index contributed by atoms with van der Waals surface area (Å²) in [6.07, 6.45) is 1.89. The molecule has 1 unspecified atom stereocenters. The minimum absolute atomic E-state index is 0.0315. The number of nitrogens with zero attached hydrogens (tertiary/aromatic N) is 1. The molecule has 0 saturated heterocycles. The molecule has 2 heterocycles. The number of fused-ring (bicyclic) bond motifs is 1. The lowest BCUT2D eigenvalue weighted by Crippen LogP contribution is -2.41. The minimum Gasteiger partial charge on any atom is -0.383 e. The number of H-pyrrole nitrogens is 1. The number of hydrogen-bond acceptors (Lipinski definition) is 7. The van der Waals surface area contributed by atoms with Gasteiger partial charge in [0.2, 0.25) is 5.91 Å². The summed E-state index contributed by atoms with van der Waals surface area (Å²) in [5.41, 5.74) is 0.873. The highest BCUT2D eigenvalue weighted by Gasteiger charge is 2.17. The van der Waals surface area contributed by atoms with Gasteiger partial charge in [-0.1, -0.05) is 32.0 Å². The summed E-state index contributed by atoms with van der Waals surface area (Å²) in [7, 11) is 1.52. The molecule has 2 rings (SSSR count). The molecule has 2 aromatic rings. The highest BCUT2D eigenvalue weighted by molar-refractivity contribution is 7.99. The Morgan fingerprint density at radius 2 is 2.14 bits per heavy atom. The van der Waals surface area contributed by atoms with Crippen LogP contribution in [0.5, 0.6) is 0 Å². The second kappa shape index (κ2) is 10.6. The first-order valence-corrected chi connectivity index (χ1v) is 10.9. The number of ether oxygens (including phenoxy) is 1. The fourth-order valence-corrected chi connectivity index (χ4v) is 4.34. The van der Waals surface area contributed by atoms with Crippen molar-refractivity contribution in [3.63, 3.8) is 0 Å². The smallest absolute Gasteiger partial charge is 0.321 e. The number of nitrogens with one attached hydrogen (secondary N) is 3. The molecule has 0 aliphatic carbocycles. The second-order valence-corrected chi connectivity index (χ2v) is 8.66. The average Bonchev–Trinajstić information content (AvgIpc) is 2.95. The van der Waals surface area contributed by atoms with Crippen molar-refractivity contribution in [1.82, 2.24) is 20.6 Å². The van der Waals surface area contributed by atoms with Crippen LogP contribution in [0.1, 0.15) is 30.7 Å². The maximum atomic E-state index is 12.6. The molecule has 10 heteroatoms. The number of imide groups is 1. The van der Waals surface area contributed by atoms with E-state index in [1.165, 1.54) is 18.4 Å². The third kappa shape index (κ3) is 6.05. The number of urea groups is 1. The Labute approximate surface area is 171 Å². The van der Waals surface area contributed by atoms with E-state index in [1.54, 1.807) is 0 Å². The third-order valence-electron chi connectivity index (χ3n) is 4.28. The number of hydrogen-bond donors (Lipinski definition) is 3. The van der Waals surface area contributed by atoms with Crippen LogP contribution in [0.25, 0.3) is 10.2 Å². The zero-order chi connectivity index (χ0) is 20.7. The van der Waals surface area contributed by atoms with Crippen LogP contribution in [0, 0.1) is 12.8 Å². The van der Waals surface area contributed by atoms with Gasteiger partial charge in [0, 0.05) is 18.5 Å². The molecule has 28 heavy (non-hydrogen) atoms. The number of aromatic amines is 1. The van der Waals surface area contributed by atoms with Gasteiger partial charge in [0.1, 0.15) is 4.83 Å². The van der Waals surface area contributed by atoms with Crippen LogP contribution in [0.4, 0.5) is 4.79 Å². The van der Waals surface area contributed by atoms with Crippen LogP contribution in [-0.4, -0.2) is 47.9 Å². The fraction of sp³-hybridized carbons (Fsp3) is 0.556. The van der Waals surface area contributed by atoms with Crippen molar-refractivity contribution >= 4 is 45.3 Å². The molecule has 0 spiro atoms. The Bertz CT molecular complexity index is 894. The minimum atomic E-state index is -0.580. The van der Waals surface area contributed by atoms with Crippen LogP contribution >= 0.6 is 23.1 Å². The second-order valence-electron chi connectivity index (χ2n) is 6.49. The predicted molar refractivity (Wildman–Crippen MR) is 112 cm³/mol. The molecular formula is C18H26N4O4S2. The Morgan fingerprint density at radius 1 is 1.39 bits per heavy atom. The molecular weight excluding hydrogens is 400 g/mol. The zero-order valence-electron chi connectivity index (χ0n) is 16.5. The quantitative estimate of drug-likeness (QED) is 0.322. The van der Waals surface area contributed by atoms with Crippen LogP contribution in [0.3, 0.4) is 0 Å². The summed E-state index contributed by atoms with van der Waals surface area (Å²) in [6.45, 7) is 6.98. The third-order valence-corrected chi connectivity index (χ3v) is 6.19. The number of rotatable bonds is 9. The van der Waals surface area contributed by atoms with Crippen molar-refractivity contribution in [2.45, 2.75) is 38.8 Å². The van der Waals surface area contributed by atoms with E-state index in [0.717, 1.165) is 35.0 Å². The van der Waals surface area contributed by atoms with Crippen molar-refractivity contribution in [1.29, 1.82) is 0 Å². The van der Waals surface area contributed by atoms with Gasteiger partial charge >= 0.3 is 6.03 Å².